The maximum Gasteiger partial charge on any atom is 0.424 e. The topological polar surface area (TPSA) is 76.4 Å². The summed E-state index contributed by atoms with van der Waals surface area (Å²) < 4.78 is 46.3. The van der Waals surface area contributed by atoms with Crippen LogP contribution in [0.3, 0.4) is 0 Å². The largest absolute Gasteiger partial charge is 0.497 e. The Labute approximate surface area is 155 Å². The van der Waals surface area contributed by atoms with E-state index in [1.54, 1.807) is 19.2 Å². The fourth-order valence-electron chi connectivity index (χ4n) is 2.67. The summed E-state index contributed by atoms with van der Waals surface area (Å²) in [5.74, 6) is -0.207. The second kappa shape index (κ2) is 8.43. The third-order valence-electron chi connectivity index (χ3n) is 4.27. The molecular weight excluding hydrogens is 363 g/mol. The first-order chi connectivity index (χ1) is 12.7. The van der Waals surface area contributed by atoms with Gasteiger partial charge in [-0.3, -0.25) is 4.79 Å². The van der Waals surface area contributed by atoms with Gasteiger partial charge in [0, 0.05) is 38.8 Å². The minimum Gasteiger partial charge on any atom is -0.497 e. The van der Waals surface area contributed by atoms with E-state index < -0.39 is 29.9 Å². The number of hydrogen-bond acceptors (Lipinski definition) is 4. The maximum atomic E-state index is 13.4. The van der Waals surface area contributed by atoms with Gasteiger partial charge < -0.3 is 19.7 Å². The molecule has 0 saturated heterocycles. The second-order valence-electron chi connectivity index (χ2n) is 6.17. The summed E-state index contributed by atoms with van der Waals surface area (Å²) in [6.07, 6.45) is -2.58. The molecule has 2 aromatic rings. The van der Waals surface area contributed by atoms with E-state index in [0.717, 1.165) is 10.1 Å². The minimum absolute atomic E-state index is 0.124. The Morgan fingerprint density at radius 1 is 1.30 bits per heavy atom. The quantitative estimate of drug-likeness (QED) is 0.731. The summed E-state index contributed by atoms with van der Waals surface area (Å²) in [5.41, 5.74) is -2.22. The molecule has 1 aromatic carbocycles. The van der Waals surface area contributed by atoms with Crippen molar-refractivity contribution in [1.29, 1.82) is 0 Å². The van der Waals surface area contributed by atoms with Crippen LogP contribution in [0.1, 0.15) is 24.2 Å². The summed E-state index contributed by atoms with van der Waals surface area (Å²) >= 11 is 0. The van der Waals surface area contributed by atoms with E-state index in [-0.39, 0.29) is 13.0 Å². The van der Waals surface area contributed by atoms with Crippen LogP contribution in [-0.4, -0.2) is 40.4 Å². The van der Waals surface area contributed by atoms with E-state index in [1.165, 1.54) is 19.4 Å². The molecule has 148 valence electrons. The Hall–Kier alpha value is -2.55. The third-order valence-corrected chi connectivity index (χ3v) is 4.27. The SMILES string of the molecule is COc1ccc(CCC(=O)NCCC(O)(c2nccn2C)C(F)(F)F)cc1. The van der Waals surface area contributed by atoms with Crippen molar-refractivity contribution in [1.82, 2.24) is 14.9 Å². The number of rotatable bonds is 8. The van der Waals surface area contributed by atoms with Crippen LogP contribution >= 0.6 is 0 Å². The third kappa shape index (κ3) is 5.00. The number of ether oxygens (including phenoxy) is 1. The van der Waals surface area contributed by atoms with Gasteiger partial charge in [-0.25, -0.2) is 4.98 Å². The average molecular weight is 385 g/mol. The highest BCUT2D eigenvalue weighted by Gasteiger charge is 2.57. The van der Waals surface area contributed by atoms with E-state index >= 15 is 0 Å². The molecule has 0 radical (unpaired) electrons. The van der Waals surface area contributed by atoms with Crippen molar-refractivity contribution < 1.29 is 27.8 Å². The highest BCUT2D eigenvalue weighted by Crippen LogP contribution is 2.40. The molecular formula is C18H22F3N3O3. The molecule has 0 aliphatic rings. The van der Waals surface area contributed by atoms with Gasteiger partial charge in [0.2, 0.25) is 11.5 Å². The van der Waals surface area contributed by atoms with E-state index in [4.69, 9.17) is 4.74 Å². The van der Waals surface area contributed by atoms with Crippen molar-refractivity contribution in [3.63, 3.8) is 0 Å². The number of methoxy groups -OCH3 is 1. The molecule has 0 spiro atoms. The number of carbonyl (C=O) groups is 1. The lowest BCUT2D eigenvalue weighted by atomic mass is 9.97. The molecule has 0 saturated carbocycles. The number of imidazole rings is 1. The van der Waals surface area contributed by atoms with Crippen LogP contribution in [0.2, 0.25) is 0 Å². The summed E-state index contributed by atoms with van der Waals surface area (Å²) in [5, 5.41) is 12.6. The lowest BCUT2D eigenvalue weighted by molar-refractivity contribution is -0.272. The number of amides is 1. The zero-order valence-corrected chi connectivity index (χ0v) is 15.1. The van der Waals surface area contributed by atoms with Gasteiger partial charge in [-0.15, -0.1) is 0 Å². The van der Waals surface area contributed by atoms with Gasteiger partial charge in [0.1, 0.15) is 11.6 Å². The normalized spacial score (nSPS) is 13.9. The molecule has 0 fully saturated rings. The fraction of sp³-hybridized carbons (Fsp3) is 0.444. The van der Waals surface area contributed by atoms with E-state index in [0.29, 0.717) is 12.2 Å². The van der Waals surface area contributed by atoms with Gasteiger partial charge in [0.15, 0.2) is 0 Å². The van der Waals surface area contributed by atoms with Gasteiger partial charge in [0.05, 0.1) is 7.11 Å². The van der Waals surface area contributed by atoms with Crippen molar-refractivity contribution in [2.45, 2.75) is 31.0 Å². The molecule has 1 heterocycles. The predicted octanol–water partition coefficient (Wildman–Crippen LogP) is 2.32. The molecule has 1 atom stereocenters. The molecule has 0 aliphatic carbocycles. The zero-order chi connectivity index (χ0) is 20.1. The van der Waals surface area contributed by atoms with Gasteiger partial charge in [-0.05, 0) is 24.1 Å². The Balaban J connectivity index is 1.89. The summed E-state index contributed by atoms with van der Waals surface area (Å²) in [4.78, 5) is 15.5. The number of carbonyl (C=O) groups excluding carboxylic acids is 1. The highest BCUT2D eigenvalue weighted by molar-refractivity contribution is 5.76. The van der Waals surface area contributed by atoms with Crippen molar-refractivity contribution in [3.05, 3.63) is 48.0 Å². The first-order valence-corrected chi connectivity index (χ1v) is 8.34. The number of hydrogen-bond donors (Lipinski definition) is 2. The number of benzene rings is 1. The van der Waals surface area contributed by atoms with Crippen molar-refractivity contribution in [2.24, 2.45) is 7.05 Å². The van der Waals surface area contributed by atoms with Crippen LogP contribution in [-0.2, 0) is 23.9 Å². The summed E-state index contributed by atoms with van der Waals surface area (Å²) in [6.45, 7) is -0.329. The summed E-state index contributed by atoms with van der Waals surface area (Å²) in [7, 11) is 2.92. The lowest BCUT2D eigenvalue weighted by Gasteiger charge is -2.30. The number of aryl methyl sites for hydroxylation is 2. The van der Waals surface area contributed by atoms with Crippen molar-refractivity contribution in [3.8, 4) is 5.75 Å². The van der Waals surface area contributed by atoms with Crippen LogP contribution in [0, 0.1) is 0 Å². The van der Waals surface area contributed by atoms with Crippen LogP contribution in [0.15, 0.2) is 36.7 Å². The van der Waals surface area contributed by atoms with Crippen LogP contribution in [0.25, 0.3) is 0 Å². The number of aromatic nitrogens is 2. The Kier molecular flexibility index (Phi) is 6.48. The fourth-order valence-corrected chi connectivity index (χ4v) is 2.67. The smallest absolute Gasteiger partial charge is 0.424 e. The van der Waals surface area contributed by atoms with Crippen LogP contribution in [0.5, 0.6) is 5.75 Å². The number of alkyl halides is 3. The Morgan fingerprint density at radius 3 is 2.48 bits per heavy atom. The van der Waals surface area contributed by atoms with Gasteiger partial charge in [-0.1, -0.05) is 12.1 Å². The van der Waals surface area contributed by atoms with Crippen molar-refractivity contribution >= 4 is 5.91 Å². The molecule has 1 aromatic heterocycles. The lowest BCUT2D eigenvalue weighted by Crippen LogP contribution is -2.46. The van der Waals surface area contributed by atoms with Gasteiger partial charge in [0.25, 0.3) is 0 Å². The van der Waals surface area contributed by atoms with E-state index in [1.807, 2.05) is 12.1 Å². The van der Waals surface area contributed by atoms with Crippen LogP contribution < -0.4 is 10.1 Å². The average Bonchev–Trinajstić information content (AvgIpc) is 3.05. The Morgan fingerprint density at radius 2 is 1.96 bits per heavy atom. The zero-order valence-electron chi connectivity index (χ0n) is 15.1. The number of nitrogens with one attached hydrogen (secondary N) is 1. The maximum absolute atomic E-state index is 13.4. The first kappa shape index (κ1) is 20.8. The van der Waals surface area contributed by atoms with Gasteiger partial charge >= 0.3 is 6.18 Å². The van der Waals surface area contributed by atoms with Crippen LogP contribution in [0.4, 0.5) is 13.2 Å². The number of halogens is 3. The molecule has 27 heavy (non-hydrogen) atoms. The molecule has 6 nitrogen and oxygen atoms in total. The monoisotopic (exact) mass is 385 g/mol. The molecule has 2 rings (SSSR count). The molecule has 2 N–H and O–H groups in total. The molecule has 9 heteroatoms. The van der Waals surface area contributed by atoms with E-state index in [2.05, 4.69) is 10.3 Å². The Bertz CT molecular complexity index is 759. The molecule has 1 amide bonds. The van der Waals surface area contributed by atoms with Gasteiger partial charge in [-0.2, -0.15) is 13.2 Å². The number of aliphatic hydroxyl groups is 1. The molecule has 0 aliphatic heterocycles. The van der Waals surface area contributed by atoms with E-state index in [9.17, 15) is 23.1 Å². The second-order valence-corrected chi connectivity index (χ2v) is 6.17. The first-order valence-electron chi connectivity index (χ1n) is 8.34. The molecule has 1 unspecified atom stereocenters. The highest BCUT2D eigenvalue weighted by atomic mass is 19.4. The number of nitrogens with zero attached hydrogens (tertiary/aromatic N) is 2. The standard InChI is InChI=1S/C18H22F3N3O3/c1-24-12-11-23-16(24)17(26,18(19,20)21)9-10-22-15(25)8-5-13-3-6-14(27-2)7-4-13/h3-4,6-7,11-12,26H,5,8-10H2,1-2H3,(H,22,25). The molecule has 0 bridgehead atoms. The predicted molar refractivity (Wildman–Crippen MR) is 92.1 cm³/mol. The summed E-state index contributed by atoms with van der Waals surface area (Å²) in [6, 6.07) is 7.16. The minimum atomic E-state index is -4.92. The van der Waals surface area contributed by atoms with Crippen molar-refractivity contribution in [2.75, 3.05) is 13.7 Å².